The second kappa shape index (κ2) is 7.89. The van der Waals surface area contributed by atoms with Crippen LogP contribution in [-0.4, -0.2) is 12.0 Å². The minimum atomic E-state index is -0.486. The van der Waals surface area contributed by atoms with E-state index in [2.05, 4.69) is 22.0 Å². The van der Waals surface area contributed by atoms with Gasteiger partial charge in [-0.3, -0.25) is 10.1 Å². The average molecular weight is 425 g/mol. The van der Waals surface area contributed by atoms with Gasteiger partial charge in [-0.2, -0.15) is 5.26 Å². The molecule has 0 fully saturated rings. The van der Waals surface area contributed by atoms with Crippen LogP contribution in [0.1, 0.15) is 11.3 Å². The molecule has 1 heterocycles. The average Bonchev–Trinajstić information content (AvgIpc) is 3.14. The zero-order valence-electron chi connectivity index (χ0n) is 14.2. The summed E-state index contributed by atoms with van der Waals surface area (Å²) in [5, 5.41) is 20.4. The highest BCUT2D eigenvalue weighted by Gasteiger charge is 2.15. The van der Waals surface area contributed by atoms with Gasteiger partial charge in [0, 0.05) is 10.5 Å². The lowest BCUT2D eigenvalue weighted by molar-refractivity contribution is -0.384. The molecule has 0 N–H and O–H groups in total. The number of ether oxygens (including phenoxy) is 1. The first kappa shape index (κ1) is 18.4. The Morgan fingerprint density at radius 2 is 1.96 bits per heavy atom. The number of rotatable bonds is 5. The molecule has 0 aliphatic rings. The summed E-state index contributed by atoms with van der Waals surface area (Å²) in [5.74, 6) is 1.31. The summed E-state index contributed by atoms with van der Waals surface area (Å²) >= 11 is 3.37. The molecular formula is C20H13BrN2O4. The van der Waals surface area contributed by atoms with Crippen LogP contribution in [0.5, 0.6) is 5.75 Å². The number of hydrogen-bond donors (Lipinski definition) is 0. The van der Waals surface area contributed by atoms with Crippen molar-refractivity contribution >= 4 is 33.3 Å². The van der Waals surface area contributed by atoms with Crippen molar-refractivity contribution < 1.29 is 14.1 Å². The number of nitro benzene ring substituents is 1. The Hall–Kier alpha value is -3.37. The van der Waals surface area contributed by atoms with Gasteiger partial charge in [0.2, 0.25) is 0 Å². The maximum Gasteiger partial charge on any atom is 0.273 e. The second-order valence-corrected chi connectivity index (χ2v) is 6.44. The van der Waals surface area contributed by atoms with Gasteiger partial charge in [0.15, 0.2) is 0 Å². The van der Waals surface area contributed by atoms with Gasteiger partial charge in [-0.25, -0.2) is 0 Å². The number of nitro groups is 1. The quantitative estimate of drug-likeness (QED) is 0.298. The standard InChI is InChI=1S/C20H13BrN2O4/c1-26-20-11-16(23(24)25)6-8-18(20)19-9-7-17(27-19)10-14(12-22)13-2-4-15(21)5-3-13/h2-11H,1H3/b14-10-. The largest absolute Gasteiger partial charge is 0.496 e. The van der Waals surface area contributed by atoms with Crippen LogP contribution < -0.4 is 4.74 Å². The zero-order valence-corrected chi connectivity index (χ0v) is 15.8. The molecule has 0 saturated heterocycles. The third-order valence-corrected chi connectivity index (χ3v) is 4.38. The number of hydrogen-bond acceptors (Lipinski definition) is 5. The fourth-order valence-electron chi connectivity index (χ4n) is 2.52. The van der Waals surface area contributed by atoms with E-state index in [4.69, 9.17) is 9.15 Å². The van der Waals surface area contributed by atoms with E-state index in [1.807, 2.05) is 24.3 Å². The Kier molecular flexibility index (Phi) is 5.38. The molecule has 134 valence electrons. The van der Waals surface area contributed by atoms with E-state index < -0.39 is 4.92 Å². The van der Waals surface area contributed by atoms with Crippen LogP contribution in [0.25, 0.3) is 23.0 Å². The summed E-state index contributed by atoms with van der Waals surface area (Å²) in [6, 6.07) is 17.3. The first-order valence-electron chi connectivity index (χ1n) is 7.82. The molecule has 0 atom stereocenters. The molecule has 7 heteroatoms. The fraction of sp³-hybridized carbons (Fsp3) is 0.0500. The van der Waals surface area contributed by atoms with E-state index >= 15 is 0 Å². The van der Waals surface area contributed by atoms with E-state index in [-0.39, 0.29) is 5.69 Å². The summed E-state index contributed by atoms with van der Waals surface area (Å²) in [6.45, 7) is 0. The number of methoxy groups -OCH3 is 1. The van der Waals surface area contributed by atoms with Crippen molar-refractivity contribution in [1.29, 1.82) is 5.26 Å². The molecule has 3 aromatic rings. The summed E-state index contributed by atoms with van der Waals surface area (Å²) < 4.78 is 12.0. The highest BCUT2D eigenvalue weighted by atomic mass is 79.9. The summed E-state index contributed by atoms with van der Waals surface area (Å²) in [6.07, 6.45) is 1.64. The maximum absolute atomic E-state index is 10.9. The van der Waals surface area contributed by atoms with E-state index in [1.165, 1.54) is 19.2 Å². The zero-order chi connectivity index (χ0) is 19.4. The van der Waals surface area contributed by atoms with E-state index in [0.717, 1.165) is 10.0 Å². The van der Waals surface area contributed by atoms with Crippen molar-refractivity contribution in [2.75, 3.05) is 7.11 Å². The minimum Gasteiger partial charge on any atom is -0.496 e. The third-order valence-electron chi connectivity index (χ3n) is 3.85. The van der Waals surface area contributed by atoms with Gasteiger partial charge in [0.25, 0.3) is 5.69 Å². The topological polar surface area (TPSA) is 89.3 Å². The maximum atomic E-state index is 10.9. The highest BCUT2D eigenvalue weighted by Crippen LogP contribution is 2.34. The number of nitriles is 1. The van der Waals surface area contributed by atoms with Crippen LogP contribution in [0.4, 0.5) is 5.69 Å². The number of non-ortho nitro benzene ring substituents is 1. The Labute approximate surface area is 163 Å². The fourth-order valence-corrected chi connectivity index (χ4v) is 2.79. The van der Waals surface area contributed by atoms with E-state index in [1.54, 1.807) is 24.3 Å². The lowest BCUT2D eigenvalue weighted by atomic mass is 10.1. The predicted octanol–water partition coefficient (Wildman–Crippen LogP) is 5.69. The van der Waals surface area contributed by atoms with Crippen LogP contribution >= 0.6 is 15.9 Å². The van der Waals surface area contributed by atoms with Gasteiger partial charge in [-0.05, 0) is 42.0 Å². The van der Waals surface area contributed by atoms with Crippen molar-refractivity contribution in [3.63, 3.8) is 0 Å². The molecule has 0 amide bonds. The predicted molar refractivity (Wildman–Crippen MR) is 105 cm³/mol. The van der Waals surface area contributed by atoms with Gasteiger partial charge in [0.05, 0.1) is 35.3 Å². The molecule has 0 spiro atoms. The highest BCUT2D eigenvalue weighted by molar-refractivity contribution is 9.10. The summed E-state index contributed by atoms with van der Waals surface area (Å²) in [4.78, 5) is 10.4. The molecule has 0 radical (unpaired) electrons. The van der Waals surface area contributed by atoms with Crippen molar-refractivity contribution in [1.82, 2.24) is 0 Å². The van der Waals surface area contributed by atoms with Gasteiger partial charge in [0.1, 0.15) is 17.3 Å². The molecule has 6 nitrogen and oxygen atoms in total. The van der Waals surface area contributed by atoms with Gasteiger partial charge >= 0.3 is 0 Å². The Bertz CT molecular complexity index is 1060. The molecule has 0 unspecified atom stereocenters. The molecule has 2 aromatic carbocycles. The van der Waals surface area contributed by atoms with Crippen molar-refractivity contribution in [3.05, 3.63) is 80.5 Å². The first-order chi connectivity index (χ1) is 13.0. The summed E-state index contributed by atoms with van der Waals surface area (Å²) in [7, 11) is 1.44. The molecule has 1 aromatic heterocycles. The molecule has 0 aliphatic carbocycles. The van der Waals surface area contributed by atoms with Crippen LogP contribution in [0, 0.1) is 21.4 Å². The number of allylic oxidation sites excluding steroid dienone is 1. The molecule has 3 rings (SSSR count). The number of nitrogens with zero attached hydrogens (tertiary/aromatic N) is 2. The van der Waals surface area contributed by atoms with Gasteiger partial charge < -0.3 is 9.15 Å². The van der Waals surface area contributed by atoms with Crippen LogP contribution in [0.15, 0.2) is 63.5 Å². The van der Waals surface area contributed by atoms with Crippen LogP contribution in [0.3, 0.4) is 0 Å². The van der Waals surface area contributed by atoms with E-state index in [0.29, 0.717) is 28.4 Å². The summed E-state index contributed by atoms with van der Waals surface area (Å²) in [5.41, 5.74) is 1.75. The molecular weight excluding hydrogens is 412 g/mol. The first-order valence-corrected chi connectivity index (χ1v) is 8.61. The van der Waals surface area contributed by atoms with Gasteiger partial charge in [-0.1, -0.05) is 28.1 Å². The number of furan rings is 1. The van der Waals surface area contributed by atoms with E-state index in [9.17, 15) is 15.4 Å². The van der Waals surface area contributed by atoms with Crippen molar-refractivity contribution in [3.8, 4) is 23.1 Å². The minimum absolute atomic E-state index is 0.0655. The van der Waals surface area contributed by atoms with Gasteiger partial charge in [-0.15, -0.1) is 0 Å². The Morgan fingerprint density at radius 1 is 1.22 bits per heavy atom. The Morgan fingerprint density at radius 3 is 2.59 bits per heavy atom. The normalized spacial score (nSPS) is 11.1. The second-order valence-electron chi connectivity index (χ2n) is 5.52. The molecule has 0 bridgehead atoms. The SMILES string of the molecule is COc1cc([N+](=O)[O-])ccc1-c1ccc(/C=C(/C#N)c2ccc(Br)cc2)o1. The lowest BCUT2D eigenvalue weighted by Crippen LogP contribution is -1.92. The molecule has 0 aliphatic heterocycles. The molecule has 27 heavy (non-hydrogen) atoms. The number of benzene rings is 2. The molecule has 0 saturated carbocycles. The smallest absolute Gasteiger partial charge is 0.273 e. The monoisotopic (exact) mass is 424 g/mol. The lowest BCUT2D eigenvalue weighted by Gasteiger charge is -2.05. The van der Waals surface area contributed by atoms with Crippen molar-refractivity contribution in [2.45, 2.75) is 0 Å². The van der Waals surface area contributed by atoms with Crippen LogP contribution in [-0.2, 0) is 0 Å². The Balaban J connectivity index is 1.96. The van der Waals surface area contributed by atoms with Crippen LogP contribution in [0.2, 0.25) is 0 Å². The van der Waals surface area contributed by atoms with Crippen molar-refractivity contribution in [2.24, 2.45) is 0 Å². The number of halogens is 1. The third kappa shape index (κ3) is 4.07.